The van der Waals surface area contributed by atoms with Gasteiger partial charge in [-0.15, -0.1) is 0 Å². The van der Waals surface area contributed by atoms with Gasteiger partial charge in [-0.2, -0.15) is 0 Å². The van der Waals surface area contributed by atoms with Crippen molar-refractivity contribution in [3.05, 3.63) is 48.4 Å². The first-order chi connectivity index (χ1) is 8.99. The van der Waals surface area contributed by atoms with Crippen LogP contribution in [-0.2, 0) is 17.1 Å². The van der Waals surface area contributed by atoms with Crippen LogP contribution in [0.25, 0.3) is 0 Å². The highest BCUT2D eigenvalue weighted by molar-refractivity contribution is 7.89. The van der Waals surface area contributed by atoms with Crippen molar-refractivity contribution in [2.75, 3.05) is 6.54 Å². The van der Waals surface area contributed by atoms with Crippen molar-refractivity contribution < 1.29 is 13.2 Å². The lowest BCUT2D eigenvalue weighted by Crippen LogP contribution is -2.29. The highest BCUT2D eigenvalue weighted by atomic mass is 32.2. The van der Waals surface area contributed by atoms with Crippen molar-refractivity contribution in [1.29, 1.82) is 0 Å². The number of Topliss-reactive ketones (excluding diaryl/α,β-unsaturated/α-hetero) is 1. The molecule has 0 bridgehead atoms. The molecule has 0 saturated carbocycles. The Hall–Kier alpha value is -1.99. The fraction of sp³-hybridized carbons (Fsp3) is 0.167. The average molecular weight is 279 g/mol. The van der Waals surface area contributed by atoms with Gasteiger partial charge in [-0.25, -0.2) is 18.1 Å². The molecule has 19 heavy (non-hydrogen) atoms. The second-order valence-electron chi connectivity index (χ2n) is 3.99. The maximum Gasteiger partial charge on any atom is 0.259 e. The van der Waals surface area contributed by atoms with Gasteiger partial charge in [-0.1, -0.05) is 30.3 Å². The SMILES string of the molecule is Cn1cnc(S(=O)(=O)NCC(=O)c2ccccc2)c1. The molecule has 0 aliphatic carbocycles. The minimum Gasteiger partial charge on any atom is -0.339 e. The van der Waals surface area contributed by atoms with E-state index in [1.165, 1.54) is 17.1 Å². The highest BCUT2D eigenvalue weighted by Crippen LogP contribution is 2.04. The number of rotatable bonds is 5. The number of benzene rings is 1. The predicted octanol–water partition coefficient (Wildman–Crippen LogP) is 0.581. The number of nitrogens with one attached hydrogen (secondary N) is 1. The number of ketones is 1. The number of sulfonamides is 1. The Kier molecular flexibility index (Phi) is 3.77. The molecule has 1 N–H and O–H groups in total. The Morgan fingerprint density at radius 2 is 2.00 bits per heavy atom. The summed E-state index contributed by atoms with van der Waals surface area (Å²) in [4.78, 5) is 15.5. The zero-order valence-corrected chi connectivity index (χ0v) is 11.1. The molecule has 7 heteroatoms. The third-order valence-electron chi connectivity index (χ3n) is 2.48. The fourth-order valence-electron chi connectivity index (χ4n) is 1.49. The number of hydrogen-bond acceptors (Lipinski definition) is 4. The minimum absolute atomic E-state index is 0.101. The van der Waals surface area contributed by atoms with Gasteiger partial charge >= 0.3 is 0 Å². The van der Waals surface area contributed by atoms with Crippen molar-refractivity contribution >= 4 is 15.8 Å². The quantitative estimate of drug-likeness (QED) is 0.812. The van der Waals surface area contributed by atoms with Crippen LogP contribution < -0.4 is 4.72 Å². The lowest BCUT2D eigenvalue weighted by molar-refractivity contribution is 0.0997. The van der Waals surface area contributed by atoms with Gasteiger partial charge in [0.05, 0.1) is 12.9 Å². The van der Waals surface area contributed by atoms with Crippen LogP contribution in [0, 0.1) is 0 Å². The Labute approximate surface area is 111 Å². The first kappa shape index (κ1) is 13.4. The number of carbonyl (C=O) groups is 1. The summed E-state index contributed by atoms with van der Waals surface area (Å²) in [5.74, 6) is -0.292. The van der Waals surface area contributed by atoms with E-state index in [-0.39, 0.29) is 17.4 Å². The van der Waals surface area contributed by atoms with Crippen molar-refractivity contribution in [3.8, 4) is 0 Å². The molecule has 2 aromatic rings. The smallest absolute Gasteiger partial charge is 0.259 e. The Morgan fingerprint density at radius 3 is 2.58 bits per heavy atom. The molecule has 6 nitrogen and oxygen atoms in total. The molecular weight excluding hydrogens is 266 g/mol. The van der Waals surface area contributed by atoms with Crippen LogP contribution in [0.4, 0.5) is 0 Å². The molecule has 0 spiro atoms. The van der Waals surface area contributed by atoms with Gasteiger partial charge in [0.25, 0.3) is 10.0 Å². The van der Waals surface area contributed by atoms with E-state index in [2.05, 4.69) is 9.71 Å². The summed E-state index contributed by atoms with van der Waals surface area (Å²) in [6.07, 6.45) is 2.75. The molecule has 0 radical (unpaired) electrons. The van der Waals surface area contributed by atoms with Gasteiger partial charge in [-0.3, -0.25) is 4.79 Å². The maximum absolute atomic E-state index is 11.8. The average Bonchev–Trinajstić information content (AvgIpc) is 2.85. The molecule has 100 valence electrons. The van der Waals surface area contributed by atoms with Gasteiger partial charge in [0.2, 0.25) is 0 Å². The van der Waals surface area contributed by atoms with Gasteiger partial charge in [0, 0.05) is 18.8 Å². The number of aromatic nitrogens is 2. The Balaban J connectivity index is 2.05. The van der Waals surface area contributed by atoms with E-state index in [9.17, 15) is 13.2 Å². The van der Waals surface area contributed by atoms with Crippen molar-refractivity contribution in [2.24, 2.45) is 7.05 Å². The summed E-state index contributed by atoms with van der Waals surface area (Å²) in [6, 6.07) is 8.50. The summed E-state index contributed by atoms with van der Waals surface area (Å²) in [6.45, 7) is -0.289. The molecular formula is C12H13N3O3S. The van der Waals surface area contributed by atoms with Gasteiger partial charge < -0.3 is 4.57 Å². The third kappa shape index (κ3) is 3.27. The number of carbonyl (C=O) groups excluding carboxylic acids is 1. The zero-order valence-electron chi connectivity index (χ0n) is 10.3. The number of imidazole rings is 1. The van der Waals surface area contributed by atoms with E-state index in [0.29, 0.717) is 5.56 Å². The summed E-state index contributed by atoms with van der Waals surface area (Å²) < 4.78 is 27.4. The molecule has 0 amide bonds. The molecule has 1 heterocycles. The largest absolute Gasteiger partial charge is 0.339 e. The third-order valence-corrected chi connectivity index (χ3v) is 3.76. The topological polar surface area (TPSA) is 81.1 Å². The predicted molar refractivity (Wildman–Crippen MR) is 69.2 cm³/mol. The second kappa shape index (κ2) is 5.33. The monoisotopic (exact) mass is 279 g/mol. The van der Waals surface area contributed by atoms with Crippen LogP contribution in [-0.4, -0.2) is 30.3 Å². The van der Waals surface area contributed by atoms with Crippen LogP contribution in [0.1, 0.15) is 10.4 Å². The first-order valence-electron chi connectivity index (χ1n) is 5.55. The fourth-order valence-corrected chi connectivity index (χ4v) is 2.45. The molecule has 0 fully saturated rings. The standard InChI is InChI=1S/C12H13N3O3S/c1-15-8-12(13-9-15)19(17,18)14-7-11(16)10-5-3-2-4-6-10/h2-6,8-9,14H,7H2,1H3. The second-order valence-corrected chi connectivity index (χ2v) is 5.70. The highest BCUT2D eigenvalue weighted by Gasteiger charge is 2.18. The summed E-state index contributed by atoms with van der Waals surface area (Å²) in [7, 11) is -2.08. The van der Waals surface area contributed by atoms with Crippen LogP contribution in [0.15, 0.2) is 47.9 Å². The lowest BCUT2D eigenvalue weighted by atomic mass is 10.1. The Bertz CT molecular complexity index is 677. The molecule has 0 saturated heterocycles. The van der Waals surface area contributed by atoms with Gasteiger partial charge in [0.15, 0.2) is 10.8 Å². The molecule has 1 aromatic carbocycles. The number of nitrogens with zero attached hydrogens (tertiary/aromatic N) is 2. The summed E-state index contributed by atoms with van der Waals surface area (Å²) >= 11 is 0. The summed E-state index contributed by atoms with van der Waals surface area (Å²) in [5, 5.41) is -0.101. The number of hydrogen-bond donors (Lipinski definition) is 1. The molecule has 0 unspecified atom stereocenters. The maximum atomic E-state index is 11.8. The van der Waals surface area contributed by atoms with E-state index < -0.39 is 10.0 Å². The van der Waals surface area contributed by atoms with Gasteiger partial charge in [0.1, 0.15) is 0 Å². The normalized spacial score (nSPS) is 11.4. The van der Waals surface area contributed by atoms with Crippen molar-refractivity contribution in [1.82, 2.24) is 14.3 Å². The molecule has 0 atom stereocenters. The van der Waals surface area contributed by atoms with Crippen LogP contribution in [0.2, 0.25) is 0 Å². The van der Waals surface area contributed by atoms with E-state index >= 15 is 0 Å². The van der Waals surface area contributed by atoms with Crippen LogP contribution in [0.3, 0.4) is 0 Å². The summed E-state index contributed by atoms with van der Waals surface area (Å²) in [5.41, 5.74) is 0.464. The first-order valence-corrected chi connectivity index (χ1v) is 7.03. The van der Waals surface area contributed by atoms with E-state index in [1.807, 2.05) is 0 Å². The van der Waals surface area contributed by atoms with Crippen LogP contribution >= 0.6 is 0 Å². The van der Waals surface area contributed by atoms with E-state index in [0.717, 1.165) is 0 Å². The lowest BCUT2D eigenvalue weighted by Gasteiger charge is -2.03. The van der Waals surface area contributed by atoms with Crippen LogP contribution in [0.5, 0.6) is 0 Å². The van der Waals surface area contributed by atoms with E-state index in [1.54, 1.807) is 37.4 Å². The molecule has 0 aliphatic heterocycles. The van der Waals surface area contributed by atoms with E-state index in [4.69, 9.17) is 0 Å². The zero-order chi connectivity index (χ0) is 13.9. The molecule has 0 aliphatic rings. The Morgan fingerprint density at radius 1 is 1.32 bits per heavy atom. The number of aryl methyl sites for hydroxylation is 1. The van der Waals surface area contributed by atoms with Crippen molar-refractivity contribution in [2.45, 2.75) is 5.03 Å². The molecule has 2 rings (SSSR count). The van der Waals surface area contributed by atoms with Gasteiger partial charge in [-0.05, 0) is 0 Å². The minimum atomic E-state index is -3.75. The van der Waals surface area contributed by atoms with Crippen molar-refractivity contribution in [3.63, 3.8) is 0 Å². The molecule has 1 aromatic heterocycles.